The predicted octanol–water partition coefficient (Wildman–Crippen LogP) is 2.23. The molecule has 0 saturated carbocycles. The van der Waals surface area contributed by atoms with Crippen molar-refractivity contribution in [1.82, 2.24) is 4.90 Å². The lowest BCUT2D eigenvalue weighted by atomic mass is 10.1. The highest BCUT2D eigenvalue weighted by Gasteiger charge is 2.15. The monoisotopic (exact) mass is 219 g/mol. The fourth-order valence-corrected chi connectivity index (χ4v) is 1.47. The van der Waals surface area contributed by atoms with E-state index >= 15 is 0 Å². The van der Waals surface area contributed by atoms with Crippen LogP contribution < -0.4 is 0 Å². The van der Waals surface area contributed by atoms with Gasteiger partial charge in [0.05, 0.1) is 6.54 Å². The number of halogens is 1. The van der Waals surface area contributed by atoms with Gasteiger partial charge in [0.2, 0.25) is 0 Å². The molecule has 0 spiro atoms. The van der Waals surface area contributed by atoms with Crippen molar-refractivity contribution in [2.75, 3.05) is 13.1 Å². The Balaban J connectivity index is 3.00. The van der Waals surface area contributed by atoms with E-state index in [9.17, 15) is 9.18 Å². The summed E-state index contributed by atoms with van der Waals surface area (Å²) < 4.78 is 12.9. The van der Waals surface area contributed by atoms with Gasteiger partial charge in [-0.25, -0.2) is 4.39 Å². The smallest absolute Gasteiger partial charge is 0.254 e. The van der Waals surface area contributed by atoms with Crippen molar-refractivity contribution in [3.8, 4) is 12.3 Å². The Bertz CT molecular complexity index is 434. The second-order valence-electron chi connectivity index (χ2n) is 3.48. The molecule has 0 radical (unpaired) electrons. The van der Waals surface area contributed by atoms with Crippen LogP contribution in [-0.4, -0.2) is 23.9 Å². The molecule has 16 heavy (non-hydrogen) atoms. The van der Waals surface area contributed by atoms with Gasteiger partial charge < -0.3 is 4.90 Å². The molecule has 0 aliphatic carbocycles. The number of amides is 1. The van der Waals surface area contributed by atoms with Crippen molar-refractivity contribution in [2.45, 2.75) is 13.8 Å². The van der Waals surface area contributed by atoms with Crippen LogP contribution in [0.1, 0.15) is 22.8 Å². The topological polar surface area (TPSA) is 20.3 Å². The second kappa shape index (κ2) is 5.32. The fraction of sp³-hybridized carbons (Fsp3) is 0.308. The highest BCUT2D eigenvalue weighted by atomic mass is 19.1. The number of nitrogens with zero attached hydrogens (tertiary/aromatic N) is 1. The first-order valence-corrected chi connectivity index (χ1v) is 5.09. The van der Waals surface area contributed by atoms with Crippen molar-refractivity contribution in [2.24, 2.45) is 0 Å². The zero-order valence-electron chi connectivity index (χ0n) is 9.46. The molecule has 0 aromatic heterocycles. The van der Waals surface area contributed by atoms with Gasteiger partial charge in [0.15, 0.2) is 0 Å². The van der Waals surface area contributed by atoms with Gasteiger partial charge in [0, 0.05) is 12.1 Å². The van der Waals surface area contributed by atoms with E-state index in [2.05, 4.69) is 5.92 Å². The summed E-state index contributed by atoms with van der Waals surface area (Å²) >= 11 is 0. The van der Waals surface area contributed by atoms with Gasteiger partial charge in [-0.2, -0.15) is 0 Å². The van der Waals surface area contributed by atoms with Gasteiger partial charge in [-0.3, -0.25) is 4.79 Å². The molecule has 0 aliphatic rings. The fourth-order valence-electron chi connectivity index (χ4n) is 1.47. The number of carbonyl (C=O) groups excluding carboxylic acids is 1. The number of carbonyl (C=O) groups is 1. The van der Waals surface area contributed by atoms with Crippen LogP contribution in [0, 0.1) is 25.1 Å². The van der Waals surface area contributed by atoms with Crippen LogP contribution >= 0.6 is 0 Å². The summed E-state index contributed by atoms with van der Waals surface area (Å²) in [4.78, 5) is 13.5. The molecule has 0 fully saturated rings. The molecule has 84 valence electrons. The lowest BCUT2D eigenvalue weighted by molar-refractivity contribution is 0.0784. The maximum absolute atomic E-state index is 12.9. The zero-order chi connectivity index (χ0) is 12.1. The zero-order valence-corrected chi connectivity index (χ0v) is 9.46. The first-order chi connectivity index (χ1) is 7.60. The average molecular weight is 219 g/mol. The molecular formula is C13H14FNO. The van der Waals surface area contributed by atoms with E-state index in [0.717, 1.165) is 0 Å². The van der Waals surface area contributed by atoms with E-state index in [4.69, 9.17) is 6.42 Å². The minimum absolute atomic E-state index is 0.155. The van der Waals surface area contributed by atoms with E-state index in [-0.39, 0.29) is 18.3 Å². The number of aryl methyl sites for hydroxylation is 1. The molecule has 0 heterocycles. The van der Waals surface area contributed by atoms with Crippen LogP contribution in [0.4, 0.5) is 4.39 Å². The highest BCUT2D eigenvalue weighted by Crippen LogP contribution is 2.12. The first-order valence-electron chi connectivity index (χ1n) is 5.09. The van der Waals surface area contributed by atoms with Gasteiger partial charge in [-0.15, -0.1) is 6.42 Å². The van der Waals surface area contributed by atoms with Gasteiger partial charge in [0.25, 0.3) is 5.91 Å². The molecule has 3 heteroatoms. The van der Waals surface area contributed by atoms with Gasteiger partial charge in [0.1, 0.15) is 5.82 Å². The highest BCUT2D eigenvalue weighted by molar-refractivity contribution is 5.95. The summed E-state index contributed by atoms with van der Waals surface area (Å²) in [5.41, 5.74) is 1.12. The second-order valence-corrected chi connectivity index (χ2v) is 3.48. The predicted molar refractivity (Wildman–Crippen MR) is 61.5 cm³/mol. The molecule has 2 nitrogen and oxygen atoms in total. The van der Waals surface area contributed by atoms with Crippen LogP contribution in [0.15, 0.2) is 18.2 Å². The van der Waals surface area contributed by atoms with E-state index in [1.54, 1.807) is 11.8 Å². The summed E-state index contributed by atoms with van der Waals surface area (Å²) in [5.74, 6) is 1.94. The Morgan fingerprint density at radius 3 is 2.75 bits per heavy atom. The van der Waals surface area contributed by atoms with Crippen LogP contribution in [0.2, 0.25) is 0 Å². The summed E-state index contributed by atoms with van der Waals surface area (Å²) in [5, 5.41) is 0. The van der Waals surface area contributed by atoms with Crippen LogP contribution in [-0.2, 0) is 0 Å². The van der Waals surface area contributed by atoms with E-state index in [0.29, 0.717) is 17.7 Å². The van der Waals surface area contributed by atoms with Crippen molar-refractivity contribution in [1.29, 1.82) is 0 Å². The molecular weight excluding hydrogens is 205 g/mol. The summed E-state index contributed by atoms with van der Waals surface area (Å²) in [6.07, 6.45) is 5.18. The van der Waals surface area contributed by atoms with Crippen LogP contribution in [0.3, 0.4) is 0 Å². The largest absolute Gasteiger partial charge is 0.328 e. The Hall–Kier alpha value is -1.82. The molecule has 0 unspecified atom stereocenters. The molecule has 0 bridgehead atoms. The van der Waals surface area contributed by atoms with Crippen LogP contribution in [0.25, 0.3) is 0 Å². The van der Waals surface area contributed by atoms with Crippen molar-refractivity contribution in [3.63, 3.8) is 0 Å². The molecule has 0 aliphatic heterocycles. The summed E-state index contributed by atoms with van der Waals surface area (Å²) in [7, 11) is 0. The third kappa shape index (κ3) is 2.60. The Kier molecular flexibility index (Phi) is 4.07. The first kappa shape index (κ1) is 12.3. The van der Waals surface area contributed by atoms with Gasteiger partial charge in [-0.1, -0.05) is 5.92 Å². The Morgan fingerprint density at radius 2 is 2.25 bits per heavy atom. The van der Waals surface area contributed by atoms with Crippen molar-refractivity contribution < 1.29 is 9.18 Å². The Morgan fingerprint density at radius 1 is 1.56 bits per heavy atom. The summed E-state index contributed by atoms with van der Waals surface area (Å²) in [6, 6.07) is 4.12. The summed E-state index contributed by atoms with van der Waals surface area (Å²) in [6.45, 7) is 4.38. The number of hydrogen-bond acceptors (Lipinski definition) is 1. The molecule has 1 amide bonds. The third-order valence-corrected chi connectivity index (χ3v) is 2.37. The number of rotatable bonds is 3. The quantitative estimate of drug-likeness (QED) is 0.714. The lowest BCUT2D eigenvalue weighted by Gasteiger charge is -2.19. The molecule has 1 aromatic rings. The van der Waals surface area contributed by atoms with E-state index in [1.165, 1.54) is 18.2 Å². The maximum Gasteiger partial charge on any atom is 0.254 e. The van der Waals surface area contributed by atoms with E-state index in [1.807, 2.05) is 6.92 Å². The molecule has 0 saturated heterocycles. The number of benzene rings is 1. The minimum Gasteiger partial charge on any atom is -0.328 e. The number of hydrogen-bond donors (Lipinski definition) is 0. The van der Waals surface area contributed by atoms with Gasteiger partial charge >= 0.3 is 0 Å². The average Bonchev–Trinajstić information content (AvgIpc) is 2.25. The Labute approximate surface area is 95.1 Å². The minimum atomic E-state index is -0.339. The molecule has 1 rings (SSSR count). The molecule has 1 aromatic carbocycles. The van der Waals surface area contributed by atoms with Crippen molar-refractivity contribution in [3.05, 3.63) is 35.1 Å². The van der Waals surface area contributed by atoms with Crippen LogP contribution in [0.5, 0.6) is 0 Å². The van der Waals surface area contributed by atoms with Crippen molar-refractivity contribution >= 4 is 5.91 Å². The van der Waals surface area contributed by atoms with Gasteiger partial charge in [-0.05, 0) is 37.6 Å². The third-order valence-electron chi connectivity index (χ3n) is 2.37. The number of terminal acetylenes is 1. The standard InChI is InChI=1S/C13H14FNO/c1-4-8-15(5-2)13(16)12-7-6-11(14)9-10(12)3/h1,6-7,9H,5,8H2,2-3H3. The SMILES string of the molecule is C#CCN(CC)C(=O)c1ccc(F)cc1C. The maximum atomic E-state index is 12.9. The lowest BCUT2D eigenvalue weighted by Crippen LogP contribution is -2.31. The van der Waals surface area contributed by atoms with E-state index < -0.39 is 0 Å². The normalized spacial score (nSPS) is 9.62. The molecule has 0 atom stereocenters. The molecule has 0 N–H and O–H groups in total.